The zero-order valence-electron chi connectivity index (χ0n) is 9.82. The molecule has 0 unspecified atom stereocenters. The summed E-state index contributed by atoms with van der Waals surface area (Å²) < 4.78 is 26.2. The maximum absolute atomic E-state index is 12.6. The fraction of sp³-hybridized carbons (Fsp3) is 1.00. The summed E-state index contributed by atoms with van der Waals surface area (Å²) in [5, 5.41) is 0. The summed E-state index contributed by atoms with van der Waals surface area (Å²) in [6, 6.07) is 0. The van der Waals surface area contributed by atoms with Crippen molar-refractivity contribution in [3.8, 4) is 0 Å². The molecule has 1 aliphatic carbocycles. The van der Waals surface area contributed by atoms with Gasteiger partial charge < -0.3 is 5.73 Å². The van der Waals surface area contributed by atoms with Crippen LogP contribution in [0.15, 0.2) is 0 Å². The van der Waals surface area contributed by atoms with E-state index in [-0.39, 0.29) is 6.54 Å². The Morgan fingerprint density at radius 2 is 1.56 bits per heavy atom. The number of piperidine rings is 1. The molecule has 4 nitrogen and oxygen atoms in total. The number of nitrogens with zero attached hydrogens (tertiary/aromatic N) is 1. The van der Waals surface area contributed by atoms with Gasteiger partial charge in [-0.15, -0.1) is 0 Å². The van der Waals surface area contributed by atoms with Crippen LogP contribution in [0.3, 0.4) is 0 Å². The van der Waals surface area contributed by atoms with Crippen molar-refractivity contribution < 1.29 is 8.42 Å². The Morgan fingerprint density at radius 3 is 2.06 bits per heavy atom. The molecule has 2 rings (SSSR count). The molecule has 0 aromatic carbocycles. The van der Waals surface area contributed by atoms with Crippen molar-refractivity contribution in [2.75, 3.05) is 19.6 Å². The van der Waals surface area contributed by atoms with Crippen molar-refractivity contribution in [3.05, 3.63) is 0 Å². The minimum Gasteiger partial charge on any atom is -0.329 e. The monoisotopic (exact) mass is 246 g/mol. The van der Waals surface area contributed by atoms with Gasteiger partial charge in [-0.1, -0.05) is 19.3 Å². The molecule has 1 aliphatic heterocycles. The van der Waals surface area contributed by atoms with Crippen LogP contribution in [0.25, 0.3) is 0 Å². The average Bonchev–Trinajstić information content (AvgIpc) is 2.80. The van der Waals surface area contributed by atoms with E-state index in [1.54, 1.807) is 4.31 Å². The van der Waals surface area contributed by atoms with Gasteiger partial charge in [0, 0.05) is 19.6 Å². The lowest BCUT2D eigenvalue weighted by Gasteiger charge is -2.35. The maximum atomic E-state index is 12.6. The Morgan fingerprint density at radius 1 is 1.00 bits per heavy atom. The highest BCUT2D eigenvalue weighted by atomic mass is 32.2. The molecule has 94 valence electrons. The average molecular weight is 246 g/mol. The summed E-state index contributed by atoms with van der Waals surface area (Å²) in [6.45, 7) is 1.68. The molecule has 1 heterocycles. The molecule has 0 bridgehead atoms. The van der Waals surface area contributed by atoms with E-state index in [1.807, 2.05) is 0 Å². The molecule has 0 aromatic rings. The Bertz CT molecular complexity index is 328. The van der Waals surface area contributed by atoms with Crippen LogP contribution in [0.2, 0.25) is 0 Å². The SMILES string of the molecule is NCC1(S(=O)(=O)N2CCCCC2)CCCC1. The van der Waals surface area contributed by atoms with Gasteiger partial charge in [0.25, 0.3) is 0 Å². The number of hydrogen-bond donors (Lipinski definition) is 1. The van der Waals surface area contributed by atoms with Gasteiger partial charge in [-0.25, -0.2) is 12.7 Å². The first kappa shape index (κ1) is 12.3. The Hall–Kier alpha value is -0.130. The van der Waals surface area contributed by atoms with Crippen molar-refractivity contribution >= 4 is 10.0 Å². The fourth-order valence-corrected chi connectivity index (χ4v) is 5.27. The minimum absolute atomic E-state index is 0.284. The molecule has 2 N–H and O–H groups in total. The van der Waals surface area contributed by atoms with Crippen molar-refractivity contribution in [2.45, 2.75) is 49.7 Å². The fourth-order valence-electron chi connectivity index (χ4n) is 2.97. The third-order valence-corrected chi connectivity index (χ3v) is 6.80. The molecule has 1 saturated heterocycles. The predicted octanol–water partition coefficient (Wildman–Crippen LogP) is 1.07. The largest absolute Gasteiger partial charge is 0.329 e. The van der Waals surface area contributed by atoms with Gasteiger partial charge >= 0.3 is 0 Å². The highest BCUT2D eigenvalue weighted by Crippen LogP contribution is 2.38. The normalized spacial score (nSPS) is 27.1. The standard InChI is InChI=1S/C11H22N2O2S/c12-10-11(6-2-3-7-11)16(14,15)13-8-4-1-5-9-13/h1-10,12H2. The minimum atomic E-state index is -3.17. The van der Waals surface area contributed by atoms with E-state index in [9.17, 15) is 8.42 Å². The second-order valence-electron chi connectivity index (χ2n) is 5.06. The second-order valence-corrected chi connectivity index (χ2v) is 7.39. The first-order chi connectivity index (χ1) is 7.62. The van der Waals surface area contributed by atoms with Crippen molar-refractivity contribution in [2.24, 2.45) is 5.73 Å². The quantitative estimate of drug-likeness (QED) is 0.810. The summed E-state index contributed by atoms with van der Waals surface area (Å²) in [7, 11) is -3.17. The summed E-state index contributed by atoms with van der Waals surface area (Å²) in [4.78, 5) is 0. The zero-order chi connectivity index (χ0) is 11.6. The van der Waals surface area contributed by atoms with Crippen LogP contribution >= 0.6 is 0 Å². The van der Waals surface area contributed by atoms with Gasteiger partial charge in [0.15, 0.2) is 0 Å². The third kappa shape index (κ3) is 1.89. The molecular weight excluding hydrogens is 224 g/mol. The van der Waals surface area contributed by atoms with Crippen LogP contribution in [0.1, 0.15) is 44.9 Å². The van der Waals surface area contributed by atoms with E-state index in [0.29, 0.717) is 13.1 Å². The van der Waals surface area contributed by atoms with Crippen molar-refractivity contribution in [3.63, 3.8) is 0 Å². The Labute approximate surface area is 98.2 Å². The summed E-state index contributed by atoms with van der Waals surface area (Å²) in [5.74, 6) is 0. The van der Waals surface area contributed by atoms with E-state index in [2.05, 4.69) is 0 Å². The lowest BCUT2D eigenvalue weighted by atomic mass is 10.1. The van der Waals surface area contributed by atoms with Gasteiger partial charge in [-0.05, 0) is 25.7 Å². The zero-order valence-corrected chi connectivity index (χ0v) is 10.6. The smallest absolute Gasteiger partial charge is 0.221 e. The number of sulfonamides is 1. The van der Waals surface area contributed by atoms with Gasteiger partial charge in [-0.2, -0.15) is 0 Å². The molecule has 2 aliphatic rings. The van der Waals surface area contributed by atoms with Gasteiger partial charge in [-0.3, -0.25) is 0 Å². The van der Waals surface area contributed by atoms with Crippen LogP contribution < -0.4 is 5.73 Å². The van der Waals surface area contributed by atoms with Gasteiger partial charge in [0.05, 0.1) is 4.75 Å². The van der Waals surface area contributed by atoms with E-state index < -0.39 is 14.8 Å². The molecule has 1 saturated carbocycles. The van der Waals surface area contributed by atoms with Crippen LogP contribution in [0.5, 0.6) is 0 Å². The van der Waals surface area contributed by atoms with E-state index in [0.717, 1.165) is 44.9 Å². The first-order valence-corrected chi connectivity index (χ1v) is 7.76. The maximum Gasteiger partial charge on any atom is 0.221 e. The third-order valence-electron chi connectivity index (χ3n) is 4.09. The van der Waals surface area contributed by atoms with Crippen LogP contribution in [-0.2, 0) is 10.0 Å². The Kier molecular flexibility index (Phi) is 3.56. The van der Waals surface area contributed by atoms with E-state index >= 15 is 0 Å². The highest BCUT2D eigenvalue weighted by Gasteiger charge is 2.47. The van der Waals surface area contributed by atoms with Crippen LogP contribution in [-0.4, -0.2) is 37.1 Å². The Balaban J connectivity index is 2.22. The molecular formula is C11H22N2O2S. The molecule has 0 atom stereocenters. The summed E-state index contributed by atoms with van der Waals surface area (Å²) >= 11 is 0. The van der Waals surface area contributed by atoms with Crippen LogP contribution in [0.4, 0.5) is 0 Å². The van der Waals surface area contributed by atoms with E-state index in [4.69, 9.17) is 5.73 Å². The van der Waals surface area contributed by atoms with E-state index in [1.165, 1.54) is 0 Å². The molecule has 0 spiro atoms. The summed E-state index contributed by atoms with van der Waals surface area (Å²) in [6.07, 6.45) is 6.67. The summed E-state index contributed by atoms with van der Waals surface area (Å²) in [5.41, 5.74) is 5.76. The molecule has 2 fully saturated rings. The second kappa shape index (κ2) is 4.63. The van der Waals surface area contributed by atoms with Crippen molar-refractivity contribution in [1.82, 2.24) is 4.31 Å². The topological polar surface area (TPSA) is 63.4 Å². The molecule has 0 aromatic heterocycles. The molecule has 16 heavy (non-hydrogen) atoms. The van der Waals surface area contributed by atoms with Gasteiger partial charge in [0.1, 0.15) is 0 Å². The highest BCUT2D eigenvalue weighted by molar-refractivity contribution is 7.90. The predicted molar refractivity (Wildman–Crippen MR) is 64.6 cm³/mol. The van der Waals surface area contributed by atoms with Gasteiger partial charge in [0.2, 0.25) is 10.0 Å². The van der Waals surface area contributed by atoms with Crippen molar-refractivity contribution in [1.29, 1.82) is 0 Å². The molecule has 5 heteroatoms. The lowest BCUT2D eigenvalue weighted by Crippen LogP contribution is -2.52. The first-order valence-electron chi connectivity index (χ1n) is 6.32. The van der Waals surface area contributed by atoms with Crippen LogP contribution in [0, 0.1) is 0 Å². The lowest BCUT2D eigenvalue weighted by molar-refractivity contribution is 0.330. The number of nitrogens with two attached hydrogens (primary N) is 1. The molecule has 0 radical (unpaired) electrons. The number of rotatable bonds is 3. The molecule has 0 amide bonds. The number of hydrogen-bond acceptors (Lipinski definition) is 3.